The van der Waals surface area contributed by atoms with E-state index >= 15 is 0 Å². The topological polar surface area (TPSA) is 3.24 Å². The van der Waals surface area contributed by atoms with Crippen LogP contribution in [0.4, 0.5) is 0 Å². The fourth-order valence-corrected chi connectivity index (χ4v) is 2.54. The monoisotopic (exact) mass is 231 g/mol. The van der Waals surface area contributed by atoms with Crippen LogP contribution in [0.1, 0.15) is 46.5 Å². The van der Waals surface area contributed by atoms with E-state index in [1.807, 2.05) is 0 Å². The van der Waals surface area contributed by atoms with Gasteiger partial charge in [0, 0.05) is 12.4 Å². The highest BCUT2D eigenvalue weighted by Gasteiger charge is 2.31. The molecule has 0 aromatic heterocycles. The molecule has 0 aromatic carbocycles. The molecule has 1 nitrogen and oxygen atoms in total. The van der Waals surface area contributed by atoms with E-state index in [0.717, 1.165) is 11.8 Å². The Labute approximate surface area is 100 Å². The third kappa shape index (κ3) is 4.74. The second kappa shape index (κ2) is 6.10. The van der Waals surface area contributed by atoms with Crippen molar-refractivity contribution >= 4 is 11.6 Å². The molecule has 15 heavy (non-hydrogen) atoms. The number of hydrogen-bond donors (Lipinski definition) is 0. The predicted octanol–water partition coefficient (Wildman–Crippen LogP) is 3.76. The minimum Gasteiger partial charge on any atom is -0.303 e. The van der Waals surface area contributed by atoms with Gasteiger partial charge in [0.15, 0.2) is 0 Å². The zero-order valence-corrected chi connectivity index (χ0v) is 11.3. The van der Waals surface area contributed by atoms with Crippen molar-refractivity contribution in [3.8, 4) is 0 Å². The smallest absolute Gasteiger partial charge is 0.0223 e. The first-order valence-electron chi connectivity index (χ1n) is 6.32. The summed E-state index contributed by atoms with van der Waals surface area (Å²) in [4.78, 5) is 2.63. The zero-order valence-electron chi connectivity index (χ0n) is 10.6. The Balaban J connectivity index is 2.14. The number of unbranched alkanes of at least 4 members (excludes halogenated alkanes) is 2. The number of likely N-dealkylation sites (tertiary alicyclic amines) is 1. The molecule has 1 atom stereocenters. The van der Waals surface area contributed by atoms with E-state index < -0.39 is 0 Å². The highest BCUT2D eigenvalue weighted by molar-refractivity contribution is 6.17. The van der Waals surface area contributed by atoms with Gasteiger partial charge in [0.2, 0.25) is 0 Å². The first kappa shape index (κ1) is 13.3. The fourth-order valence-electron chi connectivity index (χ4n) is 2.35. The highest BCUT2D eigenvalue weighted by Crippen LogP contribution is 2.33. The summed E-state index contributed by atoms with van der Waals surface area (Å²) >= 11 is 5.67. The molecule has 0 spiro atoms. The Morgan fingerprint density at radius 2 is 1.93 bits per heavy atom. The van der Waals surface area contributed by atoms with Gasteiger partial charge in [-0.3, -0.25) is 0 Å². The third-order valence-electron chi connectivity index (χ3n) is 3.61. The van der Waals surface area contributed by atoms with Gasteiger partial charge < -0.3 is 4.90 Å². The molecule has 0 saturated carbocycles. The number of hydrogen-bond acceptors (Lipinski definition) is 1. The van der Waals surface area contributed by atoms with Crippen LogP contribution in [0.25, 0.3) is 0 Å². The lowest BCUT2D eigenvalue weighted by Gasteiger charge is -2.27. The molecule has 0 aliphatic carbocycles. The van der Waals surface area contributed by atoms with Crippen molar-refractivity contribution in [2.45, 2.75) is 46.5 Å². The molecule has 1 rings (SSSR count). The van der Waals surface area contributed by atoms with E-state index in [1.165, 1.54) is 45.3 Å². The minimum atomic E-state index is 0.491. The molecule has 90 valence electrons. The molecule has 0 N–H and O–H groups in total. The first-order valence-corrected chi connectivity index (χ1v) is 6.86. The normalized spacial score (nSPS) is 23.6. The van der Waals surface area contributed by atoms with Gasteiger partial charge in [-0.15, -0.1) is 11.6 Å². The quantitative estimate of drug-likeness (QED) is 0.515. The average Bonchev–Trinajstić information content (AvgIpc) is 2.60. The maximum atomic E-state index is 5.67. The average molecular weight is 232 g/mol. The molecule has 1 saturated heterocycles. The van der Waals surface area contributed by atoms with Crippen LogP contribution in [0, 0.1) is 11.3 Å². The van der Waals surface area contributed by atoms with Crippen molar-refractivity contribution in [3.63, 3.8) is 0 Å². The highest BCUT2D eigenvalue weighted by atomic mass is 35.5. The summed E-state index contributed by atoms with van der Waals surface area (Å²) in [5, 5.41) is 0. The maximum Gasteiger partial charge on any atom is 0.0223 e. The van der Waals surface area contributed by atoms with Gasteiger partial charge in [-0.2, -0.15) is 0 Å². The minimum absolute atomic E-state index is 0.491. The van der Waals surface area contributed by atoms with Crippen molar-refractivity contribution in [3.05, 3.63) is 0 Å². The lowest BCUT2D eigenvalue weighted by atomic mass is 9.80. The Hall–Kier alpha value is 0.250. The van der Waals surface area contributed by atoms with Crippen LogP contribution in [0.5, 0.6) is 0 Å². The fraction of sp³-hybridized carbons (Fsp3) is 1.00. The Morgan fingerprint density at radius 3 is 2.47 bits per heavy atom. The summed E-state index contributed by atoms with van der Waals surface area (Å²) in [5.41, 5.74) is 0.491. The van der Waals surface area contributed by atoms with Gasteiger partial charge in [0.05, 0.1) is 0 Å². The third-order valence-corrected chi connectivity index (χ3v) is 3.87. The number of alkyl halides is 1. The van der Waals surface area contributed by atoms with Gasteiger partial charge in [0.1, 0.15) is 0 Å². The summed E-state index contributed by atoms with van der Waals surface area (Å²) in [6.07, 6.45) is 5.18. The van der Waals surface area contributed by atoms with E-state index in [9.17, 15) is 0 Å². The molecule has 0 amide bonds. The second-order valence-corrected chi connectivity index (χ2v) is 6.28. The van der Waals surface area contributed by atoms with Gasteiger partial charge in [0.25, 0.3) is 0 Å². The number of nitrogens with zero attached hydrogens (tertiary/aromatic N) is 1. The molecule has 1 unspecified atom stereocenters. The number of rotatable bonds is 5. The predicted molar refractivity (Wildman–Crippen MR) is 68.6 cm³/mol. The molecule has 0 bridgehead atoms. The first-order chi connectivity index (χ1) is 7.04. The summed E-state index contributed by atoms with van der Waals surface area (Å²) in [6, 6.07) is 0. The summed E-state index contributed by atoms with van der Waals surface area (Å²) in [7, 11) is 0. The number of halogens is 1. The van der Waals surface area contributed by atoms with Gasteiger partial charge in [-0.25, -0.2) is 0 Å². The lowest BCUT2D eigenvalue weighted by Crippen LogP contribution is -2.26. The summed E-state index contributed by atoms with van der Waals surface area (Å²) in [6.45, 7) is 11.0. The molecule has 1 heterocycles. The Morgan fingerprint density at radius 1 is 1.20 bits per heavy atom. The van der Waals surface area contributed by atoms with Gasteiger partial charge in [-0.1, -0.05) is 27.2 Å². The van der Waals surface area contributed by atoms with E-state index in [4.69, 9.17) is 11.6 Å². The molecule has 2 heteroatoms. The standard InChI is InChI=1S/C13H26ClN/c1-13(2,3)12-7-10-15(11-12)9-6-4-5-8-14/h12H,4-11H2,1-3H3. The van der Waals surface area contributed by atoms with Crippen LogP contribution >= 0.6 is 11.6 Å². The molecular formula is C13H26ClN. The van der Waals surface area contributed by atoms with E-state index in [1.54, 1.807) is 0 Å². The van der Waals surface area contributed by atoms with Crippen molar-refractivity contribution in [1.29, 1.82) is 0 Å². The van der Waals surface area contributed by atoms with Crippen LogP contribution in [-0.2, 0) is 0 Å². The van der Waals surface area contributed by atoms with Crippen molar-refractivity contribution in [1.82, 2.24) is 4.90 Å². The molecule has 1 aliphatic rings. The van der Waals surface area contributed by atoms with E-state index in [0.29, 0.717) is 5.41 Å². The van der Waals surface area contributed by atoms with Crippen LogP contribution in [0.3, 0.4) is 0 Å². The van der Waals surface area contributed by atoms with Crippen molar-refractivity contribution in [2.24, 2.45) is 11.3 Å². The largest absolute Gasteiger partial charge is 0.303 e. The summed E-state index contributed by atoms with van der Waals surface area (Å²) in [5.74, 6) is 1.72. The Kier molecular flexibility index (Phi) is 5.42. The lowest BCUT2D eigenvalue weighted by molar-refractivity contribution is 0.228. The molecular weight excluding hydrogens is 206 g/mol. The second-order valence-electron chi connectivity index (χ2n) is 5.90. The van der Waals surface area contributed by atoms with Crippen LogP contribution in [0.2, 0.25) is 0 Å². The van der Waals surface area contributed by atoms with Gasteiger partial charge >= 0.3 is 0 Å². The summed E-state index contributed by atoms with van der Waals surface area (Å²) < 4.78 is 0. The SMILES string of the molecule is CC(C)(C)C1CCN(CCCCCCl)C1. The van der Waals surface area contributed by atoms with Crippen LogP contribution in [-0.4, -0.2) is 30.4 Å². The molecule has 1 fully saturated rings. The molecule has 0 radical (unpaired) electrons. The van der Waals surface area contributed by atoms with Crippen LogP contribution < -0.4 is 0 Å². The van der Waals surface area contributed by atoms with E-state index in [2.05, 4.69) is 25.7 Å². The molecule has 0 aromatic rings. The van der Waals surface area contributed by atoms with Crippen molar-refractivity contribution in [2.75, 3.05) is 25.5 Å². The van der Waals surface area contributed by atoms with E-state index in [-0.39, 0.29) is 0 Å². The van der Waals surface area contributed by atoms with Crippen LogP contribution in [0.15, 0.2) is 0 Å². The zero-order chi connectivity index (χ0) is 11.3. The Bertz CT molecular complexity index is 174. The van der Waals surface area contributed by atoms with Gasteiger partial charge in [-0.05, 0) is 43.7 Å². The van der Waals surface area contributed by atoms with Crippen molar-refractivity contribution < 1.29 is 0 Å². The molecule has 1 aliphatic heterocycles. The maximum absolute atomic E-state index is 5.67.